The molecular weight excluding hydrogens is 486 g/mol. The Morgan fingerprint density at radius 1 is 1.03 bits per heavy atom. The van der Waals surface area contributed by atoms with Gasteiger partial charge in [-0.1, -0.05) is 41.5 Å². The van der Waals surface area contributed by atoms with E-state index < -0.39 is 0 Å². The smallest absolute Gasteiger partial charge is 0.322 e. The van der Waals surface area contributed by atoms with Gasteiger partial charge in [-0.15, -0.1) is 23.5 Å². The first-order chi connectivity index (χ1) is 17.4. The second-order valence-electron chi connectivity index (χ2n) is 9.41. The van der Waals surface area contributed by atoms with Gasteiger partial charge in [0.25, 0.3) is 0 Å². The summed E-state index contributed by atoms with van der Waals surface area (Å²) in [5, 5.41) is 5.12. The lowest BCUT2D eigenvalue weighted by molar-refractivity contribution is 0.201. The third kappa shape index (κ3) is 5.00. The molecule has 4 aromatic rings. The van der Waals surface area contributed by atoms with Crippen LogP contribution in [0.4, 0.5) is 10.5 Å². The normalized spacial score (nSPS) is 13.2. The minimum absolute atomic E-state index is 0.111. The number of furan rings is 1. The van der Waals surface area contributed by atoms with Crippen LogP contribution < -0.4 is 5.32 Å². The number of carbonyl (C=O) groups is 1. The molecule has 2 heterocycles. The minimum Gasteiger partial charge on any atom is -0.459 e. The number of nitrogens with zero attached hydrogens (tertiary/aromatic N) is 2. The number of rotatable bonds is 7. The molecule has 1 fully saturated rings. The molecule has 0 atom stereocenters. The number of fused-ring (bicyclic) bond motifs is 1. The van der Waals surface area contributed by atoms with Crippen LogP contribution in [0.1, 0.15) is 35.4 Å². The SMILES string of the molecule is CSc1cc(C)nc(SC)c1NC(=O)N(Cc1oc2ccc(C)cc2c1-c1ccc(C)cc1)C1CC1. The van der Waals surface area contributed by atoms with Gasteiger partial charge in [0.05, 0.1) is 12.2 Å². The molecule has 0 aliphatic heterocycles. The number of anilines is 1. The molecule has 36 heavy (non-hydrogen) atoms. The molecule has 7 heteroatoms. The van der Waals surface area contributed by atoms with Crippen molar-refractivity contribution in [1.29, 1.82) is 0 Å². The number of amides is 2. The average Bonchev–Trinajstić information content (AvgIpc) is 3.65. The third-order valence-corrected chi connectivity index (χ3v) is 7.99. The van der Waals surface area contributed by atoms with Gasteiger partial charge in [0.1, 0.15) is 16.4 Å². The van der Waals surface area contributed by atoms with E-state index >= 15 is 0 Å². The molecule has 0 bridgehead atoms. The molecule has 0 saturated heterocycles. The summed E-state index contributed by atoms with van der Waals surface area (Å²) in [4.78, 5) is 21.3. The van der Waals surface area contributed by atoms with E-state index in [9.17, 15) is 4.79 Å². The van der Waals surface area contributed by atoms with Gasteiger partial charge < -0.3 is 14.6 Å². The van der Waals surface area contributed by atoms with E-state index in [2.05, 4.69) is 60.5 Å². The highest BCUT2D eigenvalue weighted by Gasteiger charge is 2.35. The summed E-state index contributed by atoms with van der Waals surface area (Å²) in [5.41, 5.74) is 7.15. The fraction of sp³-hybridized carbons (Fsp3) is 0.310. The van der Waals surface area contributed by atoms with Gasteiger partial charge in [-0.3, -0.25) is 0 Å². The van der Waals surface area contributed by atoms with Gasteiger partial charge >= 0.3 is 6.03 Å². The van der Waals surface area contributed by atoms with Crippen LogP contribution in [-0.4, -0.2) is 34.5 Å². The number of thioether (sulfide) groups is 2. The van der Waals surface area contributed by atoms with E-state index in [-0.39, 0.29) is 12.1 Å². The number of carbonyl (C=O) groups excluding carboxylic acids is 1. The van der Waals surface area contributed by atoms with Crippen molar-refractivity contribution in [2.24, 2.45) is 0 Å². The molecule has 5 nitrogen and oxygen atoms in total. The van der Waals surface area contributed by atoms with E-state index in [1.807, 2.05) is 36.5 Å². The van der Waals surface area contributed by atoms with E-state index in [4.69, 9.17) is 4.42 Å². The molecule has 186 valence electrons. The van der Waals surface area contributed by atoms with Crippen molar-refractivity contribution in [3.63, 3.8) is 0 Å². The lowest BCUT2D eigenvalue weighted by Gasteiger charge is -2.24. The molecule has 0 unspecified atom stereocenters. The van der Waals surface area contributed by atoms with E-state index in [1.165, 1.54) is 11.1 Å². The number of hydrogen-bond acceptors (Lipinski definition) is 5. The topological polar surface area (TPSA) is 58.4 Å². The zero-order valence-corrected chi connectivity index (χ0v) is 23.0. The fourth-order valence-electron chi connectivity index (χ4n) is 4.54. The van der Waals surface area contributed by atoms with Crippen LogP contribution in [0, 0.1) is 20.8 Å². The number of pyridine rings is 1. The van der Waals surface area contributed by atoms with Crippen molar-refractivity contribution in [3.8, 4) is 11.1 Å². The Morgan fingerprint density at radius 2 is 1.75 bits per heavy atom. The van der Waals surface area contributed by atoms with Gasteiger partial charge in [-0.05, 0) is 69.9 Å². The van der Waals surface area contributed by atoms with Gasteiger partial charge in [0, 0.05) is 27.6 Å². The number of aromatic nitrogens is 1. The van der Waals surface area contributed by atoms with Crippen molar-refractivity contribution < 1.29 is 9.21 Å². The summed E-state index contributed by atoms with van der Waals surface area (Å²) in [6, 6.07) is 16.9. The first kappa shape index (κ1) is 24.8. The van der Waals surface area contributed by atoms with E-state index in [1.54, 1.807) is 23.5 Å². The molecule has 2 amide bonds. The van der Waals surface area contributed by atoms with Crippen LogP contribution in [-0.2, 0) is 6.54 Å². The molecule has 1 saturated carbocycles. The van der Waals surface area contributed by atoms with Crippen LogP contribution in [0.2, 0.25) is 0 Å². The number of aryl methyl sites for hydroxylation is 3. The Kier molecular flexibility index (Phi) is 7.04. The fourth-order valence-corrected chi connectivity index (χ4v) is 5.84. The molecule has 5 rings (SSSR count). The summed E-state index contributed by atoms with van der Waals surface area (Å²) >= 11 is 3.17. The van der Waals surface area contributed by atoms with Crippen LogP contribution in [0.5, 0.6) is 0 Å². The number of nitrogens with one attached hydrogen (secondary N) is 1. The lowest BCUT2D eigenvalue weighted by atomic mass is 9.99. The second-order valence-corrected chi connectivity index (χ2v) is 11.0. The summed E-state index contributed by atoms with van der Waals surface area (Å²) in [7, 11) is 0. The van der Waals surface area contributed by atoms with Gasteiger partial charge in [0.2, 0.25) is 0 Å². The quantitative estimate of drug-likeness (QED) is 0.251. The first-order valence-electron chi connectivity index (χ1n) is 12.1. The van der Waals surface area contributed by atoms with Crippen LogP contribution in [0.3, 0.4) is 0 Å². The molecule has 2 aromatic carbocycles. The van der Waals surface area contributed by atoms with Crippen molar-refractivity contribution in [1.82, 2.24) is 9.88 Å². The van der Waals surface area contributed by atoms with E-state index in [0.29, 0.717) is 6.54 Å². The Balaban J connectivity index is 1.52. The Bertz CT molecular complexity index is 1400. The molecule has 2 aromatic heterocycles. The number of hydrogen-bond donors (Lipinski definition) is 1. The summed E-state index contributed by atoms with van der Waals surface area (Å²) in [6.07, 6.45) is 6.02. The molecule has 1 aliphatic carbocycles. The highest BCUT2D eigenvalue weighted by Crippen LogP contribution is 2.39. The molecule has 1 aliphatic rings. The van der Waals surface area contributed by atoms with Crippen LogP contribution in [0.25, 0.3) is 22.1 Å². The zero-order valence-electron chi connectivity index (χ0n) is 21.3. The van der Waals surface area contributed by atoms with Crippen LogP contribution in [0.15, 0.2) is 62.9 Å². The summed E-state index contributed by atoms with van der Waals surface area (Å²) in [5.74, 6) is 0.818. The predicted octanol–water partition coefficient (Wildman–Crippen LogP) is 8.06. The molecule has 0 radical (unpaired) electrons. The maximum atomic E-state index is 13.7. The van der Waals surface area contributed by atoms with Crippen molar-refractivity contribution in [2.75, 3.05) is 17.8 Å². The molecular formula is C29H31N3O2S2. The van der Waals surface area contributed by atoms with Crippen molar-refractivity contribution in [2.45, 2.75) is 56.1 Å². The Hall–Kier alpha value is -2.90. The summed E-state index contributed by atoms with van der Waals surface area (Å²) < 4.78 is 6.41. The monoisotopic (exact) mass is 517 g/mol. The number of urea groups is 1. The van der Waals surface area contributed by atoms with Gasteiger partial charge in [0.15, 0.2) is 0 Å². The van der Waals surface area contributed by atoms with Gasteiger partial charge in [-0.25, -0.2) is 9.78 Å². The highest BCUT2D eigenvalue weighted by atomic mass is 32.2. The maximum absolute atomic E-state index is 13.7. The Labute approximate surface area is 221 Å². The maximum Gasteiger partial charge on any atom is 0.322 e. The second kappa shape index (κ2) is 10.2. The first-order valence-corrected chi connectivity index (χ1v) is 14.6. The average molecular weight is 518 g/mol. The zero-order chi connectivity index (χ0) is 25.4. The minimum atomic E-state index is -0.111. The predicted molar refractivity (Wildman–Crippen MR) is 151 cm³/mol. The standard InChI is InChI=1S/C29H31N3O2S2/c1-17-6-9-20(10-7-17)26-22-14-18(2)8-13-23(22)34-24(26)16-32(21-11-12-21)29(33)31-27-25(35-4)15-19(3)30-28(27)36-5/h6-10,13-15,21H,11-12,16H2,1-5H3,(H,31,33). The molecule has 0 spiro atoms. The third-order valence-electron chi connectivity index (χ3n) is 6.54. The van der Waals surface area contributed by atoms with Crippen molar-refractivity contribution >= 4 is 46.2 Å². The van der Waals surface area contributed by atoms with Crippen molar-refractivity contribution in [3.05, 3.63) is 71.1 Å². The van der Waals surface area contributed by atoms with Crippen LogP contribution >= 0.6 is 23.5 Å². The summed E-state index contributed by atoms with van der Waals surface area (Å²) in [6.45, 7) is 6.58. The largest absolute Gasteiger partial charge is 0.459 e. The number of benzene rings is 2. The van der Waals surface area contributed by atoms with E-state index in [0.717, 1.165) is 62.0 Å². The Morgan fingerprint density at radius 3 is 2.42 bits per heavy atom. The molecule has 1 N–H and O–H groups in total. The lowest BCUT2D eigenvalue weighted by Crippen LogP contribution is -2.36. The van der Waals surface area contributed by atoms with Gasteiger partial charge in [-0.2, -0.15) is 0 Å². The highest BCUT2D eigenvalue weighted by molar-refractivity contribution is 7.99.